The molecule has 0 aromatic rings. The van der Waals surface area contributed by atoms with Crippen molar-refractivity contribution in [3.05, 3.63) is 12.3 Å². The fraction of sp³-hybridized carbons (Fsp3) is 0.714. The maximum atomic E-state index is 5.57. The second kappa shape index (κ2) is 6.50. The SMILES string of the molecule is C=C[Si](OC)(OC)O[Si](OC)(OC)OC. The molecule has 0 aromatic heterocycles. The summed E-state index contributed by atoms with van der Waals surface area (Å²) >= 11 is 0. The molecule has 15 heavy (non-hydrogen) atoms. The van der Waals surface area contributed by atoms with E-state index in [1.165, 1.54) is 41.2 Å². The van der Waals surface area contributed by atoms with Crippen LogP contribution < -0.4 is 0 Å². The van der Waals surface area contributed by atoms with E-state index in [1.54, 1.807) is 0 Å². The van der Waals surface area contributed by atoms with Gasteiger partial charge in [-0.05, 0) is 5.70 Å². The van der Waals surface area contributed by atoms with Crippen molar-refractivity contribution in [3.63, 3.8) is 0 Å². The van der Waals surface area contributed by atoms with Crippen LogP contribution in [0.25, 0.3) is 0 Å². The van der Waals surface area contributed by atoms with Crippen molar-refractivity contribution in [2.75, 3.05) is 35.5 Å². The van der Waals surface area contributed by atoms with Crippen molar-refractivity contribution >= 4 is 17.9 Å². The molecule has 0 radical (unpaired) electrons. The van der Waals surface area contributed by atoms with Crippen LogP contribution in [0.3, 0.4) is 0 Å². The Labute approximate surface area is 92.5 Å². The zero-order chi connectivity index (χ0) is 11.9. The van der Waals surface area contributed by atoms with Gasteiger partial charge < -0.3 is 26.2 Å². The molecule has 0 amide bonds. The lowest BCUT2D eigenvalue weighted by Crippen LogP contribution is -2.57. The van der Waals surface area contributed by atoms with Crippen LogP contribution in [0.4, 0.5) is 0 Å². The molecule has 0 fully saturated rings. The summed E-state index contributed by atoms with van der Waals surface area (Å²) in [5.41, 5.74) is 1.48. The quantitative estimate of drug-likeness (QED) is 0.582. The molecular weight excluding hydrogens is 236 g/mol. The number of hydrogen-bond acceptors (Lipinski definition) is 6. The number of hydrogen-bond donors (Lipinski definition) is 0. The third-order valence-electron chi connectivity index (χ3n) is 1.84. The highest BCUT2D eigenvalue weighted by molar-refractivity contribution is 6.75. The van der Waals surface area contributed by atoms with E-state index in [1.807, 2.05) is 0 Å². The average molecular weight is 254 g/mol. The minimum Gasteiger partial charge on any atom is -0.374 e. The van der Waals surface area contributed by atoms with E-state index in [0.29, 0.717) is 0 Å². The van der Waals surface area contributed by atoms with Crippen molar-refractivity contribution < 1.29 is 26.2 Å². The summed E-state index contributed by atoms with van der Waals surface area (Å²) in [6.07, 6.45) is 0. The van der Waals surface area contributed by atoms with Crippen LogP contribution in [-0.2, 0) is 26.2 Å². The predicted molar refractivity (Wildman–Crippen MR) is 57.8 cm³/mol. The molecule has 90 valence electrons. The van der Waals surface area contributed by atoms with E-state index >= 15 is 0 Å². The normalized spacial score (nSPS) is 12.9. The maximum absolute atomic E-state index is 5.57. The Bertz CT molecular complexity index is 184. The lowest BCUT2D eigenvalue weighted by atomic mass is 11.3. The first-order valence-electron chi connectivity index (χ1n) is 4.17. The first-order valence-corrected chi connectivity index (χ1v) is 7.60. The molecule has 0 aromatic carbocycles. The fourth-order valence-electron chi connectivity index (χ4n) is 0.924. The van der Waals surface area contributed by atoms with Gasteiger partial charge in [0.2, 0.25) is 0 Å². The van der Waals surface area contributed by atoms with Crippen LogP contribution in [0.2, 0.25) is 0 Å². The molecule has 0 N–H and O–H groups in total. The minimum absolute atomic E-state index is 1.44. The molecule has 0 saturated heterocycles. The molecule has 0 saturated carbocycles. The lowest BCUT2D eigenvalue weighted by molar-refractivity contribution is 0.0190. The van der Waals surface area contributed by atoms with E-state index in [2.05, 4.69) is 6.58 Å². The van der Waals surface area contributed by atoms with Gasteiger partial charge in [0.1, 0.15) is 0 Å². The van der Waals surface area contributed by atoms with Crippen molar-refractivity contribution in [3.8, 4) is 0 Å². The van der Waals surface area contributed by atoms with E-state index in [0.717, 1.165) is 0 Å². The molecule has 0 spiro atoms. The second-order valence-electron chi connectivity index (χ2n) is 2.43. The summed E-state index contributed by atoms with van der Waals surface area (Å²) < 4.78 is 31.2. The summed E-state index contributed by atoms with van der Waals surface area (Å²) in [7, 11) is 1.11. The van der Waals surface area contributed by atoms with Gasteiger partial charge in [-0.25, -0.2) is 0 Å². The highest BCUT2D eigenvalue weighted by Gasteiger charge is 2.53. The molecule has 8 heteroatoms. The summed E-state index contributed by atoms with van der Waals surface area (Å²) in [6, 6.07) is 0. The minimum atomic E-state index is -3.18. The highest BCUT2D eigenvalue weighted by atomic mass is 28.5. The van der Waals surface area contributed by atoms with E-state index < -0.39 is 17.9 Å². The summed E-state index contributed by atoms with van der Waals surface area (Å²) in [4.78, 5) is 0. The van der Waals surface area contributed by atoms with Crippen LogP contribution in [0.15, 0.2) is 12.3 Å². The molecule has 0 bridgehead atoms. The van der Waals surface area contributed by atoms with Crippen molar-refractivity contribution in [2.45, 2.75) is 0 Å². The van der Waals surface area contributed by atoms with Gasteiger partial charge in [0.05, 0.1) is 0 Å². The first kappa shape index (κ1) is 14.9. The third-order valence-corrected chi connectivity index (χ3v) is 7.11. The number of rotatable bonds is 8. The van der Waals surface area contributed by atoms with Crippen LogP contribution in [-0.4, -0.2) is 53.4 Å². The Morgan fingerprint density at radius 1 is 0.800 bits per heavy atom. The van der Waals surface area contributed by atoms with Gasteiger partial charge in [-0.1, -0.05) is 6.58 Å². The Morgan fingerprint density at radius 3 is 1.40 bits per heavy atom. The topological polar surface area (TPSA) is 55.4 Å². The smallest absolute Gasteiger partial charge is 0.374 e. The Morgan fingerprint density at radius 2 is 1.20 bits per heavy atom. The van der Waals surface area contributed by atoms with Crippen molar-refractivity contribution in [2.24, 2.45) is 0 Å². The molecule has 0 aliphatic heterocycles. The molecule has 0 atom stereocenters. The molecule has 0 unspecified atom stereocenters. The van der Waals surface area contributed by atoms with Crippen LogP contribution in [0.1, 0.15) is 0 Å². The fourth-order valence-corrected chi connectivity index (χ4v) is 5.32. The molecular formula is C7H18O6Si2. The van der Waals surface area contributed by atoms with Gasteiger partial charge in [0, 0.05) is 35.5 Å². The zero-order valence-corrected chi connectivity index (χ0v) is 11.7. The lowest BCUT2D eigenvalue weighted by Gasteiger charge is -2.31. The third kappa shape index (κ3) is 3.46. The highest BCUT2D eigenvalue weighted by Crippen LogP contribution is 2.18. The molecule has 0 aliphatic carbocycles. The van der Waals surface area contributed by atoms with Gasteiger partial charge in [0.25, 0.3) is 0 Å². The molecule has 0 aliphatic rings. The van der Waals surface area contributed by atoms with E-state index in [-0.39, 0.29) is 0 Å². The van der Waals surface area contributed by atoms with Gasteiger partial charge >= 0.3 is 17.9 Å². The largest absolute Gasteiger partial charge is 0.671 e. The van der Waals surface area contributed by atoms with E-state index in [9.17, 15) is 0 Å². The van der Waals surface area contributed by atoms with Gasteiger partial charge in [-0.2, -0.15) is 0 Å². The molecule has 0 heterocycles. The summed E-state index contributed by atoms with van der Waals surface area (Å²) in [5.74, 6) is 0. The Balaban J connectivity index is 4.82. The predicted octanol–water partition coefficient (Wildman–Crippen LogP) is 0.335. The zero-order valence-electron chi connectivity index (χ0n) is 9.73. The average Bonchev–Trinajstić information content (AvgIpc) is 2.33. The van der Waals surface area contributed by atoms with Crippen molar-refractivity contribution in [1.82, 2.24) is 0 Å². The van der Waals surface area contributed by atoms with Gasteiger partial charge in [-0.3, -0.25) is 0 Å². The monoisotopic (exact) mass is 254 g/mol. The second-order valence-corrected chi connectivity index (χ2v) is 7.90. The van der Waals surface area contributed by atoms with Crippen molar-refractivity contribution in [1.29, 1.82) is 0 Å². The van der Waals surface area contributed by atoms with Crippen LogP contribution in [0, 0.1) is 0 Å². The Hall–Kier alpha value is -0.0662. The van der Waals surface area contributed by atoms with E-state index in [4.69, 9.17) is 26.2 Å². The molecule has 6 nitrogen and oxygen atoms in total. The Kier molecular flexibility index (Phi) is 6.47. The van der Waals surface area contributed by atoms with Crippen LogP contribution >= 0.6 is 0 Å². The van der Waals surface area contributed by atoms with Crippen LogP contribution in [0.5, 0.6) is 0 Å². The van der Waals surface area contributed by atoms with Gasteiger partial charge in [0.15, 0.2) is 0 Å². The summed E-state index contributed by atoms with van der Waals surface area (Å²) in [5, 5.41) is 0. The molecule has 0 rings (SSSR count). The summed E-state index contributed by atoms with van der Waals surface area (Å²) in [6.45, 7) is 3.60. The first-order chi connectivity index (χ1) is 7.07. The van der Waals surface area contributed by atoms with Gasteiger partial charge in [-0.15, -0.1) is 0 Å². The standard InChI is InChI=1S/C7H18O6Si2/c1-7-14(8-2,9-3)13-15(10-4,11-5)12-6/h7H,1H2,2-6H3. The maximum Gasteiger partial charge on any atom is 0.671 e.